The van der Waals surface area contributed by atoms with Crippen molar-refractivity contribution in [2.75, 3.05) is 33.9 Å². The molecule has 1 aromatic rings. The highest BCUT2D eigenvalue weighted by Crippen LogP contribution is 2.36. The van der Waals surface area contributed by atoms with Crippen LogP contribution in [0.25, 0.3) is 0 Å². The summed E-state index contributed by atoms with van der Waals surface area (Å²) in [5.41, 5.74) is 0. The molecule has 0 heterocycles. The lowest BCUT2D eigenvalue weighted by atomic mass is 10.1. The first kappa shape index (κ1) is 17.9. The lowest BCUT2D eigenvalue weighted by Crippen LogP contribution is -2.38. The van der Waals surface area contributed by atoms with Gasteiger partial charge in [0.2, 0.25) is 5.75 Å². The summed E-state index contributed by atoms with van der Waals surface area (Å²) in [6.45, 7) is 5.67. The fraction of sp³-hybridized carbons (Fsp3) is 0.562. The predicted octanol–water partition coefficient (Wildman–Crippen LogP) is 2.43. The Bertz CT molecular complexity index is 463. The number of hydrogen-bond donors (Lipinski definition) is 2. The molecule has 0 unspecified atom stereocenters. The molecule has 0 aliphatic carbocycles. The monoisotopic (exact) mass is 310 g/mol. The van der Waals surface area contributed by atoms with Crippen LogP contribution in [-0.4, -0.2) is 39.9 Å². The zero-order chi connectivity index (χ0) is 16.4. The molecule has 0 atom stereocenters. The van der Waals surface area contributed by atoms with E-state index in [4.69, 9.17) is 14.2 Å². The molecule has 6 nitrogen and oxygen atoms in total. The van der Waals surface area contributed by atoms with Crippen molar-refractivity contribution < 1.29 is 19.0 Å². The van der Waals surface area contributed by atoms with E-state index in [1.54, 1.807) is 26.4 Å². The van der Waals surface area contributed by atoms with Crippen molar-refractivity contribution >= 4 is 6.03 Å². The average Bonchev–Trinajstić information content (AvgIpc) is 2.50. The first-order valence-electron chi connectivity index (χ1n) is 7.44. The number of rotatable bonds is 9. The van der Waals surface area contributed by atoms with E-state index in [0.29, 0.717) is 42.9 Å². The van der Waals surface area contributed by atoms with Gasteiger partial charge in [-0.05, 0) is 24.5 Å². The highest BCUT2D eigenvalue weighted by Gasteiger charge is 2.10. The Balaban J connectivity index is 2.31. The van der Waals surface area contributed by atoms with Gasteiger partial charge in [-0.25, -0.2) is 4.79 Å². The van der Waals surface area contributed by atoms with Crippen LogP contribution in [0.4, 0.5) is 4.79 Å². The maximum absolute atomic E-state index is 11.5. The van der Waals surface area contributed by atoms with Crippen molar-refractivity contribution in [2.45, 2.75) is 20.3 Å². The third-order valence-corrected chi connectivity index (χ3v) is 3.02. The van der Waals surface area contributed by atoms with Gasteiger partial charge in [-0.1, -0.05) is 19.9 Å². The molecule has 0 aromatic heterocycles. The van der Waals surface area contributed by atoms with E-state index in [-0.39, 0.29) is 6.03 Å². The van der Waals surface area contributed by atoms with Crippen molar-refractivity contribution in [1.82, 2.24) is 10.6 Å². The van der Waals surface area contributed by atoms with Crippen LogP contribution in [0.2, 0.25) is 0 Å². The van der Waals surface area contributed by atoms with E-state index >= 15 is 0 Å². The summed E-state index contributed by atoms with van der Waals surface area (Å²) >= 11 is 0. The number of carbonyl (C=O) groups excluding carboxylic acids is 1. The van der Waals surface area contributed by atoms with Crippen LogP contribution in [0.5, 0.6) is 17.2 Å². The van der Waals surface area contributed by atoms with Crippen LogP contribution in [0, 0.1) is 5.92 Å². The average molecular weight is 310 g/mol. The van der Waals surface area contributed by atoms with Gasteiger partial charge in [0.05, 0.1) is 20.8 Å². The SMILES string of the molecule is COc1cccc(OCCNC(=O)NCCC(C)C)c1OC. The van der Waals surface area contributed by atoms with Gasteiger partial charge in [-0.2, -0.15) is 0 Å². The number of ether oxygens (including phenoxy) is 3. The van der Waals surface area contributed by atoms with Crippen LogP contribution in [0.1, 0.15) is 20.3 Å². The number of benzene rings is 1. The van der Waals surface area contributed by atoms with Gasteiger partial charge in [-0.3, -0.25) is 0 Å². The lowest BCUT2D eigenvalue weighted by Gasteiger charge is -2.14. The maximum atomic E-state index is 11.5. The van der Waals surface area contributed by atoms with E-state index in [2.05, 4.69) is 24.5 Å². The van der Waals surface area contributed by atoms with Crippen LogP contribution in [0.15, 0.2) is 18.2 Å². The molecule has 0 aliphatic heterocycles. The Morgan fingerprint density at radius 2 is 1.77 bits per heavy atom. The highest BCUT2D eigenvalue weighted by atomic mass is 16.5. The molecule has 0 aliphatic rings. The molecule has 0 spiro atoms. The second-order valence-corrected chi connectivity index (χ2v) is 5.21. The zero-order valence-corrected chi connectivity index (χ0v) is 13.8. The topological polar surface area (TPSA) is 68.8 Å². The van der Waals surface area contributed by atoms with Crippen molar-refractivity contribution in [3.05, 3.63) is 18.2 Å². The molecule has 124 valence electrons. The van der Waals surface area contributed by atoms with Crippen LogP contribution in [-0.2, 0) is 0 Å². The number of para-hydroxylation sites is 1. The molecule has 2 amide bonds. The molecule has 0 bridgehead atoms. The molecule has 2 N–H and O–H groups in total. The largest absolute Gasteiger partial charge is 0.493 e. The van der Waals surface area contributed by atoms with Gasteiger partial charge in [0.25, 0.3) is 0 Å². The van der Waals surface area contributed by atoms with E-state index in [0.717, 1.165) is 6.42 Å². The maximum Gasteiger partial charge on any atom is 0.314 e. The quantitative estimate of drug-likeness (QED) is 0.687. The number of methoxy groups -OCH3 is 2. The third-order valence-electron chi connectivity index (χ3n) is 3.02. The molecule has 1 rings (SSSR count). The van der Waals surface area contributed by atoms with Crippen LogP contribution in [0.3, 0.4) is 0 Å². The fourth-order valence-corrected chi connectivity index (χ4v) is 1.83. The second kappa shape index (κ2) is 9.76. The summed E-state index contributed by atoms with van der Waals surface area (Å²) in [6, 6.07) is 5.24. The van der Waals surface area contributed by atoms with Crippen molar-refractivity contribution in [3.8, 4) is 17.2 Å². The summed E-state index contributed by atoms with van der Waals surface area (Å²) in [6.07, 6.45) is 0.963. The van der Waals surface area contributed by atoms with E-state index < -0.39 is 0 Å². The van der Waals surface area contributed by atoms with Crippen molar-refractivity contribution in [2.24, 2.45) is 5.92 Å². The van der Waals surface area contributed by atoms with Gasteiger partial charge < -0.3 is 24.8 Å². The summed E-state index contributed by atoms with van der Waals surface area (Å²) in [5.74, 6) is 2.32. The molecular weight excluding hydrogens is 284 g/mol. The second-order valence-electron chi connectivity index (χ2n) is 5.21. The minimum Gasteiger partial charge on any atom is -0.493 e. The molecule has 22 heavy (non-hydrogen) atoms. The van der Waals surface area contributed by atoms with Gasteiger partial charge >= 0.3 is 6.03 Å². The Morgan fingerprint density at radius 1 is 1.09 bits per heavy atom. The van der Waals surface area contributed by atoms with Crippen LogP contribution < -0.4 is 24.8 Å². The number of carbonyl (C=O) groups is 1. The Kier molecular flexibility index (Phi) is 7.96. The Hall–Kier alpha value is -2.11. The number of hydrogen-bond acceptors (Lipinski definition) is 4. The summed E-state index contributed by atoms with van der Waals surface area (Å²) in [7, 11) is 3.13. The summed E-state index contributed by atoms with van der Waals surface area (Å²) in [5, 5.41) is 5.55. The Morgan fingerprint density at radius 3 is 2.41 bits per heavy atom. The normalized spacial score (nSPS) is 10.2. The van der Waals surface area contributed by atoms with E-state index in [1.807, 2.05) is 6.07 Å². The first-order chi connectivity index (χ1) is 10.6. The van der Waals surface area contributed by atoms with E-state index in [1.165, 1.54) is 0 Å². The fourth-order valence-electron chi connectivity index (χ4n) is 1.83. The van der Waals surface area contributed by atoms with Gasteiger partial charge in [0, 0.05) is 6.54 Å². The minimum absolute atomic E-state index is 0.179. The number of urea groups is 1. The molecule has 0 radical (unpaired) electrons. The van der Waals surface area contributed by atoms with E-state index in [9.17, 15) is 4.79 Å². The van der Waals surface area contributed by atoms with Crippen molar-refractivity contribution in [3.63, 3.8) is 0 Å². The highest BCUT2D eigenvalue weighted by molar-refractivity contribution is 5.73. The summed E-state index contributed by atoms with van der Waals surface area (Å²) < 4.78 is 16.1. The number of nitrogens with one attached hydrogen (secondary N) is 2. The van der Waals surface area contributed by atoms with Gasteiger partial charge in [0.15, 0.2) is 11.5 Å². The standard InChI is InChI=1S/C16H26N2O4/c1-12(2)8-9-17-16(19)18-10-11-22-14-7-5-6-13(20-3)15(14)21-4/h5-7,12H,8-11H2,1-4H3,(H2,17,18,19). The predicted molar refractivity (Wildman–Crippen MR) is 85.9 cm³/mol. The molecule has 6 heteroatoms. The zero-order valence-electron chi connectivity index (χ0n) is 13.8. The smallest absolute Gasteiger partial charge is 0.314 e. The molecule has 0 saturated heterocycles. The summed E-state index contributed by atoms with van der Waals surface area (Å²) in [4.78, 5) is 11.5. The Labute approximate surface area is 132 Å². The third kappa shape index (κ3) is 6.11. The minimum atomic E-state index is -0.179. The first-order valence-corrected chi connectivity index (χ1v) is 7.44. The lowest BCUT2D eigenvalue weighted by molar-refractivity contribution is 0.234. The molecule has 0 saturated carbocycles. The van der Waals surface area contributed by atoms with Gasteiger partial charge in [0.1, 0.15) is 6.61 Å². The molecular formula is C16H26N2O4. The van der Waals surface area contributed by atoms with Crippen LogP contribution >= 0.6 is 0 Å². The molecule has 0 fully saturated rings. The molecule has 1 aromatic carbocycles. The number of amides is 2. The van der Waals surface area contributed by atoms with Crippen molar-refractivity contribution in [1.29, 1.82) is 0 Å². The van der Waals surface area contributed by atoms with Gasteiger partial charge in [-0.15, -0.1) is 0 Å².